The van der Waals surface area contributed by atoms with Crippen LogP contribution in [0.5, 0.6) is 0 Å². The Balaban J connectivity index is 2.40. The highest BCUT2D eigenvalue weighted by molar-refractivity contribution is 6.30. The lowest BCUT2D eigenvalue weighted by Gasteiger charge is -2.17. The first-order valence-electron chi connectivity index (χ1n) is 5.76. The number of halogens is 1. The van der Waals surface area contributed by atoms with Gasteiger partial charge in [0.05, 0.1) is 6.42 Å². The highest BCUT2D eigenvalue weighted by Gasteiger charge is 2.08. The number of carbonyl (C=O) groups excluding carboxylic acids is 1. The molecule has 1 amide bonds. The number of likely N-dealkylation sites (N-methyl/N-ethyl adjacent to an activating group) is 1. The van der Waals surface area contributed by atoms with Gasteiger partial charge in [-0.25, -0.2) is 0 Å². The van der Waals surface area contributed by atoms with Crippen LogP contribution in [-0.2, 0) is 11.2 Å². The predicted molar refractivity (Wildman–Crippen MR) is 71.3 cm³/mol. The summed E-state index contributed by atoms with van der Waals surface area (Å²) in [5.41, 5.74) is 1.000. The Bertz CT molecular complexity index is 351. The normalized spacial score (nSPS) is 10.3. The summed E-state index contributed by atoms with van der Waals surface area (Å²) in [4.78, 5) is 13.6. The van der Waals surface area contributed by atoms with Crippen molar-refractivity contribution in [3.05, 3.63) is 34.9 Å². The maximum absolute atomic E-state index is 11.9. The Morgan fingerprint density at radius 1 is 1.35 bits per heavy atom. The maximum atomic E-state index is 11.9. The number of benzene rings is 1. The molecule has 17 heavy (non-hydrogen) atoms. The van der Waals surface area contributed by atoms with Crippen LogP contribution >= 0.6 is 11.6 Å². The van der Waals surface area contributed by atoms with Gasteiger partial charge < -0.3 is 10.2 Å². The van der Waals surface area contributed by atoms with E-state index in [4.69, 9.17) is 11.6 Å². The highest BCUT2D eigenvalue weighted by atomic mass is 35.5. The van der Waals surface area contributed by atoms with Crippen LogP contribution in [0.2, 0.25) is 5.02 Å². The summed E-state index contributed by atoms with van der Waals surface area (Å²) < 4.78 is 0. The van der Waals surface area contributed by atoms with Crippen LogP contribution in [0.3, 0.4) is 0 Å². The summed E-state index contributed by atoms with van der Waals surface area (Å²) in [7, 11) is 3.75. The molecule has 0 saturated carbocycles. The zero-order valence-electron chi connectivity index (χ0n) is 10.4. The zero-order valence-corrected chi connectivity index (χ0v) is 11.1. The molecule has 0 saturated heterocycles. The summed E-state index contributed by atoms with van der Waals surface area (Å²) in [6.07, 6.45) is 1.41. The standard InChI is InChI=1S/C13H19ClN2O/c1-15-8-3-9-16(2)13(17)10-11-4-6-12(14)7-5-11/h4-7,15H,3,8-10H2,1-2H3. The zero-order chi connectivity index (χ0) is 12.7. The van der Waals surface area contributed by atoms with Gasteiger partial charge in [0.1, 0.15) is 0 Å². The van der Waals surface area contributed by atoms with E-state index in [1.165, 1.54) is 0 Å². The fraction of sp³-hybridized carbons (Fsp3) is 0.462. The average molecular weight is 255 g/mol. The number of rotatable bonds is 6. The molecule has 1 N–H and O–H groups in total. The van der Waals surface area contributed by atoms with Crippen molar-refractivity contribution in [3.63, 3.8) is 0 Å². The summed E-state index contributed by atoms with van der Waals surface area (Å²) in [6, 6.07) is 7.40. The van der Waals surface area contributed by atoms with Crippen molar-refractivity contribution in [1.82, 2.24) is 10.2 Å². The topological polar surface area (TPSA) is 32.3 Å². The molecule has 0 aliphatic carbocycles. The predicted octanol–water partition coefficient (Wildman–Crippen LogP) is 1.95. The van der Waals surface area contributed by atoms with Crippen molar-refractivity contribution in [1.29, 1.82) is 0 Å². The molecular formula is C13H19ClN2O. The van der Waals surface area contributed by atoms with E-state index in [-0.39, 0.29) is 5.91 Å². The maximum Gasteiger partial charge on any atom is 0.226 e. The van der Waals surface area contributed by atoms with Crippen molar-refractivity contribution >= 4 is 17.5 Å². The first-order valence-corrected chi connectivity index (χ1v) is 6.14. The van der Waals surface area contributed by atoms with E-state index in [2.05, 4.69) is 5.32 Å². The molecule has 1 aromatic carbocycles. The van der Waals surface area contributed by atoms with E-state index in [0.717, 1.165) is 25.1 Å². The molecular weight excluding hydrogens is 236 g/mol. The number of nitrogens with one attached hydrogen (secondary N) is 1. The molecule has 0 aromatic heterocycles. The summed E-state index contributed by atoms with van der Waals surface area (Å²) in [5.74, 6) is 0.142. The molecule has 0 bridgehead atoms. The fourth-order valence-electron chi connectivity index (χ4n) is 1.53. The monoisotopic (exact) mass is 254 g/mol. The third kappa shape index (κ3) is 5.20. The smallest absolute Gasteiger partial charge is 0.226 e. The molecule has 0 heterocycles. The largest absolute Gasteiger partial charge is 0.345 e. The quantitative estimate of drug-likeness (QED) is 0.787. The van der Waals surface area contributed by atoms with Crippen LogP contribution in [0.15, 0.2) is 24.3 Å². The summed E-state index contributed by atoms with van der Waals surface area (Å²) in [6.45, 7) is 1.71. The number of hydrogen-bond donors (Lipinski definition) is 1. The highest BCUT2D eigenvalue weighted by Crippen LogP contribution is 2.10. The first-order chi connectivity index (χ1) is 8.13. The second kappa shape index (κ2) is 7.30. The van der Waals surface area contributed by atoms with Gasteiger partial charge in [0, 0.05) is 18.6 Å². The van der Waals surface area contributed by atoms with Crippen molar-refractivity contribution in [2.24, 2.45) is 0 Å². The van der Waals surface area contributed by atoms with Crippen molar-refractivity contribution in [2.45, 2.75) is 12.8 Å². The van der Waals surface area contributed by atoms with Gasteiger partial charge in [0.2, 0.25) is 5.91 Å². The molecule has 0 aliphatic heterocycles. The van der Waals surface area contributed by atoms with Crippen LogP contribution in [0.4, 0.5) is 0 Å². The minimum Gasteiger partial charge on any atom is -0.345 e. The molecule has 0 fully saturated rings. The molecule has 0 radical (unpaired) electrons. The molecule has 1 aromatic rings. The number of hydrogen-bond acceptors (Lipinski definition) is 2. The van der Waals surface area contributed by atoms with Gasteiger partial charge in [0.15, 0.2) is 0 Å². The van der Waals surface area contributed by atoms with Gasteiger partial charge in [-0.3, -0.25) is 4.79 Å². The molecule has 1 rings (SSSR count). The molecule has 94 valence electrons. The number of amides is 1. The van der Waals surface area contributed by atoms with Gasteiger partial charge in [-0.1, -0.05) is 23.7 Å². The van der Waals surface area contributed by atoms with E-state index < -0.39 is 0 Å². The Hall–Kier alpha value is -1.06. The van der Waals surface area contributed by atoms with E-state index in [9.17, 15) is 4.79 Å². The van der Waals surface area contributed by atoms with Gasteiger partial charge in [0.25, 0.3) is 0 Å². The molecule has 4 heteroatoms. The molecule has 0 spiro atoms. The molecule has 0 unspecified atom stereocenters. The van der Waals surface area contributed by atoms with Gasteiger partial charge in [-0.05, 0) is 37.7 Å². The van der Waals surface area contributed by atoms with Gasteiger partial charge in [-0.15, -0.1) is 0 Å². The third-order valence-electron chi connectivity index (χ3n) is 2.61. The SMILES string of the molecule is CNCCCN(C)C(=O)Cc1ccc(Cl)cc1. The lowest BCUT2D eigenvalue weighted by atomic mass is 10.1. The van der Waals surface area contributed by atoms with Gasteiger partial charge in [-0.2, -0.15) is 0 Å². The Labute approximate surface area is 108 Å². The second-order valence-corrected chi connectivity index (χ2v) is 4.51. The lowest BCUT2D eigenvalue weighted by Crippen LogP contribution is -2.30. The van der Waals surface area contributed by atoms with Crippen LogP contribution in [0.1, 0.15) is 12.0 Å². The minimum atomic E-state index is 0.142. The van der Waals surface area contributed by atoms with Crippen LogP contribution < -0.4 is 5.32 Å². The molecule has 0 atom stereocenters. The summed E-state index contributed by atoms with van der Waals surface area (Å²) >= 11 is 5.79. The van der Waals surface area contributed by atoms with Crippen LogP contribution in [-0.4, -0.2) is 38.0 Å². The van der Waals surface area contributed by atoms with Crippen molar-refractivity contribution in [3.8, 4) is 0 Å². The Morgan fingerprint density at radius 2 is 2.00 bits per heavy atom. The average Bonchev–Trinajstić information content (AvgIpc) is 2.32. The Kier molecular flexibility index (Phi) is 6.01. The fourth-order valence-corrected chi connectivity index (χ4v) is 1.66. The van der Waals surface area contributed by atoms with Crippen LogP contribution in [0.25, 0.3) is 0 Å². The first kappa shape index (κ1) is 14.0. The minimum absolute atomic E-state index is 0.142. The van der Waals surface area contributed by atoms with E-state index in [0.29, 0.717) is 11.4 Å². The number of carbonyl (C=O) groups is 1. The second-order valence-electron chi connectivity index (χ2n) is 4.08. The van der Waals surface area contributed by atoms with E-state index in [1.807, 2.05) is 38.4 Å². The molecule has 0 aliphatic rings. The van der Waals surface area contributed by atoms with E-state index >= 15 is 0 Å². The Morgan fingerprint density at radius 3 is 2.59 bits per heavy atom. The summed E-state index contributed by atoms with van der Waals surface area (Å²) in [5, 5.41) is 3.76. The van der Waals surface area contributed by atoms with E-state index in [1.54, 1.807) is 4.90 Å². The van der Waals surface area contributed by atoms with Crippen LogP contribution in [0, 0.1) is 0 Å². The molecule has 3 nitrogen and oxygen atoms in total. The lowest BCUT2D eigenvalue weighted by molar-refractivity contribution is -0.129. The number of nitrogens with zero attached hydrogens (tertiary/aromatic N) is 1. The van der Waals surface area contributed by atoms with Gasteiger partial charge >= 0.3 is 0 Å². The third-order valence-corrected chi connectivity index (χ3v) is 2.87. The van der Waals surface area contributed by atoms with Crippen molar-refractivity contribution in [2.75, 3.05) is 27.2 Å². The van der Waals surface area contributed by atoms with Crippen molar-refractivity contribution < 1.29 is 4.79 Å².